The van der Waals surface area contributed by atoms with Crippen molar-refractivity contribution in [2.24, 2.45) is 0 Å². The maximum absolute atomic E-state index is 9.31. The Labute approximate surface area is 119 Å². The molecule has 2 aliphatic rings. The molecule has 0 amide bonds. The van der Waals surface area contributed by atoms with E-state index in [9.17, 15) is 5.11 Å². The van der Waals surface area contributed by atoms with Crippen molar-refractivity contribution in [3.63, 3.8) is 0 Å². The molecule has 0 aliphatic carbocycles. The average Bonchev–Trinajstić information content (AvgIpc) is 3.01. The van der Waals surface area contributed by atoms with Crippen LogP contribution in [0.4, 0.5) is 11.6 Å². The number of anilines is 2. The van der Waals surface area contributed by atoms with Gasteiger partial charge in [-0.1, -0.05) is 0 Å². The van der Waals surface area contributed by atoms with Crippen molar-refractivity contribution in [1.29, 1.82) is 0 Å². The average molecular weight is 278 g/mol. The molecule has 0 spiro atoms. The lowest BCUT2D eigenvalue weighted by Crippen LogP contribution is -2.48. The summed E-state index contributed by atoms with van der Waals surface area (Å²) in [5.74, 6) is 1.93. The van der Waals surface area contributed by atoms with E-state index in [2.05, 4.69) is 25.8 Å². The lowest BCUT2D eigenvalue weighted by molar-refractivity contribution is -0.0423. The van der Waals surface area contributed by atoms with Gasteiger partial charge in [0.25, 0.3) is 0 Å². The number of rotatable bonds is 3. The molecule has 3 heterocycles. The molecule has 110 valence electrons. The SMILES string of the molecule is C[C@@H]1CN(c2cc(N3CCCC3)ncn2)C[C@H](CO)O1. The summed E-state index contributed by atoms with van der Waals surface area (Å²) in [6.07, 6.45) is 4.08. The molecule has 2 fully saturated rings. The molecule has 0 radical (unpaired) electrons. The number of hydrogen-bond acceptors (Lipinski definition) is 6. The van der Waals surface area contributed by atoms with Crippen LogP contribution in [0, 0.1) is 0 Å². The first-order chi connectivity index (χ1) is 9.76. The third-order valence-electron chi connectivity index (χ3n) is 3.92. The molecule has 3 rings (SSSR count). The van der Waals surface area contributed by atoms with E-state index in [4.69, 9.17) is 4.74 Å². The van der Waals surface area contributed by atoms with Crippen molar-refractivity contribution in [1.82, 2.24) is 9.97 Å². The van der Waals surface area contributed by atoms with Crippen LogP contribution < -0.4 is 9.80 Å². The molecular formula is C14H22N4O2. The van der Waals surface area contributed by atoms with Gasteiger partial charge in [0.05, 0.1) is 18.8 Å². The summed E-state index contributed by atoms with van der Waals surface area (Å²) in [4.78, 5) is 13.3. The minimum Gasteiger partial charge on any atom is -0.394 e. The van der Waals surface area contributed by atoms with E-state index in [-0.39, 0.29) is 18.8 Å². The van der Waals surface area contributed by atoms with Gasteiger partial charge in [-0.25, -0.2) is 9.97 Å². The largest absolute Gasteiger partial charge is 0.394 e. The van der Waals surface area contributed by atoms with Gasteiger partial charge < -0.3 is 19.6 Å². The zero-order valence-corrected chi connectivity index (χ0v) is 11.9. The third kappa shape index (κ3) is 2.86. The zero-order chi connectivity index (χ0) is 13.9. The second kappa shape index (κ2) is 5.93. The van der Waals surface area contributed by atoms with Crippen molar-refractivity contribution in [2.45, 2.75) is 32.0 Å². The highest BCUT2D eigenvalue weighted by Gasteiger charge is 2.26. The molecule has 20 heavy (non-hydrogen) atoms. The molecule has 0 bridgehead atoms. The number of hydrogen-bond donors (Lipinski definition) is 1. The van der Waals surface area contributed by atoms with Gasteiger partial charge in [-0.05, 0) is 19.8 Å². The number of aliphatic hydroxyl groups is 1. The standard InChI is InChI=1S/C14H22N4O2/c1-11-7-18(8-12(9-19)20-11)14-6-13(15-10-16-14)17-4-2-3-5-17/h6,10-12,19H,2-5,7-9H2,1H3/t11-,12-/m1/s1. The highest BCUT2D eigenvalue weighted by atomic mass is 16.5. The Morgan fingerprint density at radius 2 is 1.90 bits per heavy atom. The van der Waals surface area contributed by atoms with Crippen molar-refractivity contribution in [3.05, 3.63) is 12.4 Å². The maximum Gasteiger partial charge on any atom is 0.134 e. The number of morpholine rings is 1. The number of nitrogens with zero attached hydrogens (tertiary/aromatic N) is 4. The summed E-state index contributed by atoms with van der Waals surface area (Å²) in [5, 5.41) is 9.31. The van der Waals surface area contributed by atoms with Gasteiger partial charge in [0.1, 0.15) is 18.0 Å². The normalized spacial score (nSPS) is 27.1. The third-order valence-corrected chi connectivity index (χ3v) is 3.92. The van der Waals surface area contributed by atoms with Gasteiger partial charge in [-0.3, -0.25) is 0 Å². The van der Waals surface area contributed by atoms with Gasteiger partial charge in [0, 0.05) is 32.2 Å². The van der Waals surface area contributed by atoms with E-state index in [0.717, 1.165) is 31.3 Å². The predicted octanol–water partition coefficient (Wildman–Crippen LogP) is 0.663. The van der Waals surface area contributed by atoms with Crippen LogP contribution in [0.15, 0.2) is 12.4 Å². The summed E-state index contributed by atoms with van der Waals surface area (Å²) in [7, 11) is 0. The Balaban J connectivity index is 1.77. The van der Waals surface area contributed by atoms with E-state index < -0.39 is 0 Å². The molecular weight excluding hydrogens is 256 g/mol. The lowest BCUT2D eigenvalue weighted by atomic mass is 10.2. The Morgan fingerprint density at radius 3 is 2.60 bits per heavy atom. The second-order valence-electron chi connectivity index (χ2n) is 5.58. The predicted molar refractivity (Wildman–Crippen MR) is 77.1 cm³/mol. The fourth-order valence-electron chi connectivity index (χ4n) is 2.96. The number of ether oxygens (including phenoxy) is 1. The minimum atomic E-state index is -0.135. The molecule has 0 aromatic carbocycles. The molecule has 0 unspecified atom stereocenters. The molecule has 1 aromatic rings. The lowest BCUT2D eigenvalue weighted by Gasteiger charge is -2.37. The number of aliphatic hydroxyl groups excluding tert-OH is 1. The van der Waals surface area contributed by atoms with Crippen LogP contribution >= 0.6 is 0 Å². The molecule has 2 saturated heterocycles. The summed E-state index contributed by atoms with van der Waals surface area (Å²) in [6, 6.07) is 2.05. The Kier molecular flexibility index (Phi) is 4.03. The summed E-state index contributed by atoms with van der Waals surface area (Å²) >= 11 is 0. The van der Waals surface area contributed by atoms with Gasteiger partial charge in [0.15, 0.2) is 0 Å². The van der Waals surface area contributed by atoms with E-state index in [1.54, 1.807) is 6.33 Å². The van der Waals surface area contributed by atoms with Crippen LogP contribution in [0.25, 0.3) is 0 Å². The monoisotopic (exact) mass is 278 g/mol. The number of aromatic nitrogens is 2. The Morgan fingerprint density at radius 1 is 1.20 bits per heavy atom. The second-order valence-corrected chi connectivity index (χ2v) is 5.58. The van der Waals surface area contributed by atoms with Crippen LogP contribution in [0.3, 0.4) is 0 Å². The van der Waals surface area contributed by atoms with Crippen molar-refractivity contribution >= 4 is 11.6 Å². The molecule has 2 atom stereocenters. The maximum atomic E-state index is 9.31. The van der Waals surface area contributed by atoms with Crippen LogP contribution in [0.1, 0.15) is 19.8 Å². The smallest absolute Gasteiger partial charge is 0.134 e. The molecule has 6 nitrogen and oxygen atoms in total. The first kappa shape index (κ1) is 13.6. The van der Waals surface area contributed by atoms with Crippen LogP contribution in [0.5, 0.6) is 0 Å². The van der Waals surface area contributed by atoms with Gasteiger partial charge in [-0.15, -0.1) is 0 Å². The first-order valence-electron chi connectivity index (χ1n) is 7.34. The highest BCUT2D eigenvalue weighted by molar-refractivity contribution is 5.51. The molecule has 1 N–H and O–H groups in total. The van der Waals surface area contributed by atoms with E-state index >= 15 is 0 Å². The summed E-state index contributed by atoms with van der Waals surface area (Å²) in [5.41, 5.74) is 0. The Hall–Kier alpha value is -1.40. The van der Waals surface area contributed by atoms with Crippen molar-refractivity contribution in [3.8, 4) is 0 Å². The first-order valence-corrected chi connectivity index (χ1v) is 7.34. The summed E-state index contributed by atoms with van der Waals surface area (Å²) < 4.78 is 5.67. The fourth-order valence-corrected chi connectivity index (χ4v) is 2.96. The van der Waals surface area contributed by atoms with Gasteiger partial charge in [-0.2, -0.15) is 0 Å². The quantitative estimate of drug-likeness (QED) is 0.876. The van der Waals surface area contributed by atoms with Crippen molar-refractivity contribution in [2.75, 3.05) is 42.6 Å². The van der Waals surface area contributed by atoms with Gasteiger partial charge >= 0.3 is 0 Å². The van der Waals surface area contributed by atoms with Crippen LogP contribution in [-0.4, -0.2) is 60.1 Å². The van der Waals surface area contributed by atoms with Crippen LogP contribution in [-0.2, 0) is 4.74 Å². The highest BCUT2D eigenvalue weighted by Crippen LogP contribution is 2.23. The van der Waals surface area contributed by atoms with E-state index in [0.29, 0.717) is 6.54 Å². The summed E-state index contributed by atoms with van der Waals surface area (Å²) in [6.45, 7) is 5.71. The Bertz CT molecular complexity index is 451. The zero-order valence-electron chi connectivity index (χ0n) is 11.9. The van der Waals surface area contributed by atoms with Crippen molar-refractivity contribution < 1.29 is 9.84 Å². The molecule has 2 aliphatic heterocycles. The fraction of sp³-hybridized carbons (Fsp3) is 0.714. The molecule has 6 heteroatoms. The molecule has 0 saturated carbocycles. The van der Waals surface area contributed by atoms with E-state index in [1.165, 1.54) is 12.8 Å². The van der Waals surface area contributed by atoms with Gasteiger partial charge in [0.2, 0.25) is 0 Å². The van der Waals surface area contributed by atoms with E-state index in [1.807, 2.05) is 6.92 Å². The topological polar surface area (TPSA) is 61.7 Å². The molecule has 1 aromatic heterocycles. The van der Waals surface area contributed by atoms with Crippen LogP contribution in [0.2, 0.25) is 0 Å². The minimum absolute atomic E-state index is 0.0465.